The minimum atomic E-state index is -0.227. The van der Waals surface area contributed by atoms with Gasteiger partial charge >= 0.3 is 0 Å². The Balaban J connectivity index is 1.50. The molecule has 6 heteroatoms. The van der Waals surface area contributed by atoms with Crippen LogP contribution in [-0.4, -0.2) is 17.7 Å². The van der Waals surface area contributed by atoms with Crippen LogP contribution in [0.4, 0.5) is 0 Å². The second-order valence-corrected chi connectivity index (χ2v) is 5.50. The van der Waals surface area contributed by atoms with E-state index in [-0.39, 0.29) is 19.1 Å². The molecule has 3 rings (SSSR count). The first-order valence-corrected chi connectivity index (χ1v) is 7.74. The maximum absolute atomic E-state index is 11.8. The fourth-order valence-electron chi connectivity index (χ4n) is 2.05. The van der Waals surface area contributed by atoms with Gasteiger partial charge in [0, 0.05) is 16.7 Å². The van der Waals surface area contributed by atoms with Crippen molar-refractivity contribution < 1.29 is 14.1 Å². The van der Waals surface area contributed by atoms with Crippen LogP contribution in [-0.2, 0) is 11.3 Å². The average Bonchev–Trinajstić information content (AvgIpc) is 3.09. The Morgan fingerprint density at radius 1 is 1.12 bits per heavy atom. The third-order valence-electron chi connectivity index (χ3n) is 3.27. The Labute approximate surface area is 144 Å². The predicted octanol–water partition coefficient (Wildman–Crippen LogP) is 3.69. The Morgan fingerprint density at radius 3 is 2.62 bits per heavy atom. The van der Waals surface area contributed by atoms with E-state index in [0.29, 0.717) is 22.2 Å². The van der Waals surface area contributed by atoms with Gasteiger partial charge in [-0.1, -0.05) is 35.0 Å². The summed E-state index contributed by atoms with van der Waals surface area (Å²) in [4.78, 5) is 11.8. The molecule has 0 fully saturated rings. The number of nitrogens with one attached hydrogen (secondary N) is 1. The molecule has 5 nitrogen and oxygen atoms in total. The lowest BCUT2D eigenvalue weighted by atomic mass is 10.1. The van der Waals surface area contributed by atoms with E-state index in [1.54, 1.807) is 30.3 Å². The topological polar surface area (TPSA) is 64.4 Å². The van der Waals surface area contributed by atoms with Crippen LogP contribution in [0.15, 0.2) is 65.2 Å². The lowest BCUT2D eigenvalue weighted by molar-refractivity contribution is -0.123. The van der Waals surface area contributed by atoms with E-state index in [4.69, 9.17) is 20.9 Å². The molecule has 24 heavy (non-hydrogen) atoms. The monoisotopic (exact) mass is 342 g/mol. The highest BCUT2D eigenvalue weighted by atomic mass is 35.5. The lowest BCUT2D eigenvalue weighted by Gasteiger charge is -2.05. The summed E-state index contributed by atoms with van der Waals surface area (Å²) in [7, 11) is 0. The number of para-hydroxylation sites is 1. The molecule has 3 aromatic rings. The van der Waals surface area contributed by atoms with Gasteiger partial charge in [-0.15, -0.1) is 0 Å². The second-order valence-electron chi connectivity index (χ2n) is 5.07. The lowest BCUT2D eigenvalue weighted by Crippen LogP contribution is -2.28. The Kier molecular flexibility index (Phi) is 5.13. The number of halogens is 1. The molecule has 0 aliphatic rings. The van der Waals surface area contributed by atoms with Gasteiger partial charge in [0.1, 0.15) is 11.4 Å². The normalized spacial score (nSPS) is 10.4. The number of rotatable bonds is 6. The van der Waals surface area contributed by atoms with Gasteiger partial charge < -0.3 is 14.6 Å². The molecule has 0 saturated heterocycles. The highest BCUT2D eigenvalue weighted by molar-refractivity contribution is 6.30. The van der Waals surface area contributed by atoms with Crippen LogP contribution >= 0.6 is 11.6 Å². The quantitative estimate of drug-likeness (QED) is 0.742. The molecule has 0 bridgehead atoms. The van der Waals surface area contributed by atoms with Crippen molar-refractivity contribution in [2.75, 3.05) is 6.61 Å². The molecule has 1 amide bonds. The van der Waals surface area contributed by atoms with Crippen molar-refractivity contribution in [3.63, 3.8) is 0 Å². The molecule has 0 aliphatic heterocycles. The number of ether oxygens (including phenoxy) is 1. The minimum absolute atomic E-state index is 0.0497. The summed E-state index contributed by atoms with van der Waals surface area (Å²) in [6.45, 7) is 0.222. The van der Waals surface area contributed by atoms with Crippen LogP contribution in [0.25, 0.3) is 11.3 Å². The van der Waals surface area contributed by atoms with E-state index >= 15 is 0 Å². The second kappa shape index (κ2) is 7.66. The van der Waals surface area contributed by atoms with Gasteiger partial charge in [-0.3, -0.25) is 4.79 Å². The molecule has 0 spiro atoms. The predicted molar refractivity (Wildman–Crippen MR) is 90.7 cm³/mol. The summed E-state index contributed by atoms with van der Waals surface area (Å²) in [5.74, 6) is 1.05. The van der Waals surface area contributed by atoms with Crippen molar-refractivity contribution >= 4 is 17.5 Å². The number of amides is 1. The number of carbonyl (C=O) groups is 1. The molecule has 1 heterocycles. The Bertz CT molecular complexity index is 801. The van der Waals surface area contributed by atoms with Crippen LogP contribution in [0.3, 0.4) is 0 Å². The van der Waals surface area contributed by atoms with Gasteiger partial charge in [0.05, 0.1) is 6.54 Å². The largest absolute Gasteiger partial charge is 0.484 e. The zero-order chi connectivity index (χ0) is 16.8. The van der Waals surface area contributed by atoms with Crippen molar-refractivity contribution in [2.45, 2.75) is 6.54 Å². The van der Waals surface area contributed by atoms with E-state index < -0.39 is 0 Å². The molecule has 0 atom stereocenters. The SMILES string of the molecule is O=C(COc1ccccc1)NCc1cc(-c2ccc(Cl)cc2)on1. The van der Waals surface area contributed by atoms with Crippen molar-refractivity contribution in [3.05, 3.63) is 71.4 Å². The molecule has 0 saturated carbocycles. The third kappa shape index (κ3) is 4.36. The Hall–Kier alpha value is -2.79. The zero-order valence-corrected chi connectivity index (χ0v) is 13.5. The summed E-state index contributed by atoms with van der Waals surface area (Å²) in [6, 6.07) is 18.2. The molecule has 0 aliphatic carbocycles. The summed E-state index contributed by atoms with van der Waals surface area (Å²) in [5.41, 5.74) is 1.50. The van der Waals surface area contributed by atoms with Gasteiger partial charge in [0.25, 0.3) is 5.91 Å². The van der Waals surface area contributed by atoms with Crippen molar-refractivity contribution in [2.24, 2.45) is 0 Å². The molecular formula is C18H15ClN2O3. The highest BCUT2D eigenvalue weighted by Crippen LogP contribution is 2.22. The van der Waals surface area contributed by atoms with Crippen LogP contribution in [0.5, 0.6) is 5.75 Å². The van der Waals surface area contributed by atoms with Crippen molar-refractivity contribution in [3.8, 4) is 17.1 Å². The first-order chi connectivity index (χ1) is 11.7. The van der Waals surface area contributed by atoms with Crippen LogP contribution in [0.2, 0.25) is 5.02 Å². The van der Waals surface area contributed by atoms with Crippen molar-refractivity contribution in [1.82, 2.24) is 10.5 Å². The molecule has 2 aromatic carbocycles. The molecule has 0 unspecified atom stereocenters. The van der Waals surface area contributed by atoms with E-state index in [9.17, 15) is 4.79 Å². The van der Waals surface area contributed by atoms with E-state index in [0.717, 1.165) is 5.56 Å². The Morgan fingerprint density at radius 2 is 1.88 bits per heavy atom. The van der Waals surface area contributed by atoms with Gasteiger partial charge in [0.2, 0.25) is 0 Å². The number of benzene rings is 2. The van der Waals surface area contributed by atoms with Gasteiger partial charge in [-0.05, 0) is 36.4 Å². The fraction of sp³-hybridized carbons (Fsp3) is 0.111. The van der Waals surface area contributed by atoms with Gasteiger partial charge in [-0.25, -0.2) is 0 Å². The molecule has 1 N–H and O–H groups in total. The van der Waals surface area contributed by atoms with Crippen molar-refractivity contribution in [1.29, 1.82) is 0 Å². The molecular weight excluding hydrogens is 328 g/mol. The molecule has 1 aromatic heterocycles. The summed E-state index contributed by atoms with van der Waals surface area (Å²) < 4.78 is 10.7. The zero-order valence-electron chi connectivity index (χ0n) is 12.7. The first-order valence-electron chi connectivity index (χ1n) is 7.37. The minimum Gasteiger partial charge on any atom is -0.484 e. The highest BCUT2D eigenvalue weighted by Gasteiger charge is 2.08. The maximum Gasteiger partial charge on any atom is 0.258 e. The van der Waals surface area contributed by atoms with E-state index in [1.807, 2.05) is 30.3 Å². The molecule has 122 valence electrons. The number of carbonyl (C=O) groups excluding carboxylic acids is 1. The first kappa shape index (κ1) is 16.1. The summed E-state index contributed by atoms with van der Waals surface area (Å²) in [5, 5.41) is 7.33. The standard InChI is InChI=1S/C18H15ClN2O3/c19-14-8-6-13(7-9-14)17-10-15(21-24-17)11-20-18(22)12-23-16-4-2-1-3-5-16/h1-10H,11-12H2,(H,20,22). The van der Waals surface area contributed by atoms with Gasteiger partial charge in [0.15, 0.2) is 12.4 Å². The number of hydrogen-bond acceptors (Lipinski definition) is 4. The smallest absolute Gasteiger partial charge is 0.258 e. The number of hydrogen-bond donors (Lipinski definition) is 1. The summed E-state index contributed by atoms with van der Waals surface area (Å²) in [6.07, 6.45) is 0. The third-order valence-corrected chi connectivity index (χ3v) is 3.52. The van der Waals surface area contributed by atoms with E-state index in [2.05, 4.69) is 10.5 Å². The van der Waals surface area contributed by atoms with Crippen LogP contribution in [0, 0.1) is 0 Å². The maximum atomic E-state index is 11.8. The number of aromatic nitrogens is 1. The average molecular weight is 343 g/mol. The van der Waals surface area contributed by atoms with Gasteiger partial charge in [-0.2, -0.15) is 0 Å². The van der Waals surface area contributed by atoms with Crippen LogP contribution < -0.4 is 10.1 Å². The van der Waals surface area contributed by atoms with Crippen LogP contribution in [0.1, 0.15) is 5.69 Å². The number of nitrogens with zero attached hydrogens (tertiary/aromatic N) is 1. The summed E-state index contributed by atoms with van der Waals surface area (Å²) >= 11 is 5.86. The molecule has 0 radical (unpaired) electrons. The fourth-order valence-corrected chi connectivity index (χ4v) is 2.18. The van der Waals surface area contributed by atoms with E-state index in [1.165, 1.54) is 0 Å².